The van der Waals surface area contributed by atoms with Gasteiger partial charge in [-0.1, -0.05) is 6.08 Å². The topological polar surface area (TPSA) is 48.0 Å². The van der Waals surface area contributed by atoms with Crippen LogP contribution in [0.1, 0.15) is 33.6 Å². The molecule has 0 aromatic rings. The molecule has 5 rings (SSSR count). The van der Waals surface area contributed by atoms with Crippen LogP contribution in [0.15, 0.2) is 12.2 Å². The van der Waals surface area contributed by atoms with Gasteiger partial charge in [-0.25, -0.2) is 5.06 Å². The molecule has 0 aromatic carbocycles. The second kappa shape index (κ2) is 3.40. The molecule has 1 amide bonds. The van der Waals surface area contributed by atoms with Gasteiger partial charge in [0.25, 0.3) is 0 Å². The van der Waals surface area contributed by atoms with Gasteiger partial charge in [0, 0.05) is 6.92 Å². The summed E-state index contributed by atoms with van der Waals surface area (Å²) in [6.07, 6.45) is 6.15. The number of carbonyl (C=O) groups is 1. The number of ether oxygens (including phenoxy) is 2. The predicted molar refractivity (Wildman–Crippen MR) is 65.8 cm³/mol. The zero-order valence-electron chi connectivity index (χ0n) is 11.5. The molecular formula is C14H19NO4. The van der Waals surface area contributed by atoms with Crippen LogP contribution in [0.2, 0.25) is 0 Å². The van der Waals surface area contributed by atoms with E-state index in [0.717, 1.165) is 12.8 Å². The summed E-state index contributed by atoms with van der Waals surface area (Å²) in [4.78, 5) is 17.9. The summed E-state index contributed by atoms with van der Waals surface area (Å²) in [7, 11) is 0. The number of carbonyl (C=O) groups excluding carboxylic acids is 1. The molecular weight excluding hydrogens is 246 g/mol. The van der Waals surface area contributed by atoms with Crippen molar-refractivity contribution in [2.45, 2.75) is 63.3 Å². The van der Waals surface area contributed by atoms with Gasteiger partial charge in [0.15, 0.2) is 5.79 Å². The van der Waals surface area contributed by atoms with E-state index in [9.17, 15) is 4.79 Å². The summed E-state index contributed by atoms with van der Waals surface area (Å²) < 4.78 is 12.1. The highest BCUT2D eigenvalue weighted by Gasteiger charge is 2.67. The van der Waals surface area contributed by atoms with E-state index in [4.69, 9.17) is 14.3 Å². The van der Waals surface area contributed by atoms with E-state index in [1.807, 2.05) is 13.8 Å². The fourth-order valence-corrected chi connectivity index (χ4v) is 3.62. The zero-order valence-corrected chi connectivity index (χ0v) is 11.5. The lowest BCUT2D eigenvalue weighted by Crippen LogP contribution is -2.68. The highest BCUT2D eigenvalue weighted by Crippen LogP contribution is 2.55. The van der Waals surface area contributed by atoms with Crippen LogP contribution in [-0.4, -0.2) is 40.6 Å². The summed E-state index contributed by atoms with van der Waals surface area (Å²) in [5.74, 6) is -0.265. The highest BCUT2D eigenvalue weighted by molar-refractivity contribution is 5.73. The summed E-state index contributed by atoms with van der Waals surface area (Å²) in [6.45, 7) is 5.37. The first-order valence-corrected chi connectivity index (χ1v) is 6.97. The fraction of sp³-hybridized carbons (Fsp3) is 0.786. The van der Waals surface area contributed by atoms with Crippen LogP contribution in [0.25, 0.3) is 0 Å². The molecule has 19 heavy (non-hydrogen) atoms. The molecule has 4 atom stereocenters. The number of rotatable bonds is 1. The molecule has 0 N–H and O–H groups in total. The van der Waals surface area contributed by atoms with Crippen LogP contribution < -0.4 is 0 Å². The number of nitrogens with zero attached hydrogens (tertiary/aromatic N) is 1. The Bertz CT molecular complexity index is 470. The van der Waals surface area contributed by atoms with Crippen molar-refractivity contribution in [1.29, 1.82) is 0 Å². The van der Waals surface area contributed by atoms with E-state index in [1.165, 1.54) is 12.0 Å². The largest absolute Gasteiger partial charge is 0.342 e. The van der Waals surface area contributed by atoms with Crippen molar-refractivity contribution in [2.75, 3.05) is 0 Å². The molecule has 2 saturated heterocycles. The van der Waals surface area contributed by atoms with Crippen LogP contribution in [0.5, 0.6) is 0 Å². The molecule has 0 spiro atoms. The maximum absolute atomic E-state index is 11.8. The average Bonchev–Trinajstić information content (AvgIpc) is 3.12. The standard InChI is InChI=1S/C14H19NO4/c1-8(16)15-10-6-7-14(19-15,9-4-5-9)12-11(10)17-13(2,3)18-12/h6-7,9-12H,4-5H2,1-3H3/t10-,11+,12+,14-/m1/s1. The van der Waals surface area contributed by atoms with Gasteiger partial charge in [-0.15, -0.1) is 0 Å². The molecule has 0 unspecified atom stereocenters. The van der Waals surface area contributed by atoms with Gasteiger partial charge in [0.2, 0.25) is 5.91 Å². The Hall–Kier alpha value is -0.910. The number of amides is 1. The number of hydrogen-bond acceptors (Lipinski definition) is 4. The van der Waals surface area contributed by atoms with Crippen molar-refractivity contribution in [3.63, 3.8) is 0 Å². The normalized spacial score (nSPS) is 46.5. The molecule has 0 radical (unpaired) electrons. The van der Waals surface area contributed by atoms with Gasteiger partial charge in [-0.05, 0) is 38.7 Å². The molecule has 3 fully saturated rings. The van der Waals surface area contributed by atoms with Crippen LogP contribution >= 0.6 is 0 Å². The van der Waals surface area contributed by atoms with Crippen LogP contribution in [0.4, 0.5) is 0 Å². The lowest BCUT2D eigenvalue weighted by molar-refractivity contribution is -0.308. The first-order valence-electron chi connectivity index (χ1n) is 6.97. The van der Waals surface area contributed by atoms with Gasteiger partial charge in [0.1, 0.15) is 23.9 Å². The van der Waals surface area contributed by atoms with Crippen LogP contribution in [-0.2, 0) is 19.1 Å². The third kappa shape index (κ3) is 1.49. The van der Waals surface area contributed by atoms with Crippen molar-refractivity contribution in [3.8, 4) is 0 Å². The maximum Gasteiger partial charge on any atom is 0.243 e. The Morgan fingerprint density at radius 2 is 2.05 bits per heavy atom. The molecule has 5 nitrogen and oxygen atoms in total. The monoisotopic (exact) mass is 265 g/mol. The van der Waals surface area contributed by atoms with E-state index < -0.39 is 11.4 Å². The van der Waals surface area contributed by atoms with Crippen LogP contribution in [0.3, 0.4) is 0 Å². The SMILES string of the molecule is CC(=O)N1O[C@@]2(C3CC3)C=C[C@@H]1[C@@H]1OC(C)(C)O[C@@H]12. The predicted octanol–water partition coefficient (Wildman–Crippen LogP) is 1.39. The maximum atomic E-state index is 11.8. The fourth-order valence-electron chi connectivity index (χ4n) is 3.62. The third-order valence-corrected chi connectivity index (χ3v) is 4.52. The summed E-state index contributed by atoms with van der Waals surface area (Å²) in [5, 5.41) is 1.48. The van der Waals surface area contributed by atoms with Gasteiger partial charge in [0.05, 0.1) is 0 Å². The minimum Gasteiger partial charge on any atom is -0.342 e. The summed E-state index contributed by atoms with van der Waals surface area (Å²) >= 11 is 0. The van der Waals surface area contributed by atoms with E-state index in [-0.39, 0.29) is 24.2 Å². The Morgan fingerprint density at radius 3 is 2.68 bits per heavy atom. The molecule has 1 saturated carbocycles. The first-order chi connectivity index (χ1) is 8.93. The molecule has 3 heterocycles. The van der Waals surface area contributed by atoms with Crippen molar-refractivity contribution in [1.82, 2.24) is 5.06 Å². The number of fused-ring (bicyclic) bond motifs is 1. The van der Waals surface area contributed by atoms with Gasteiger partial charge in [-0.2, -0.15) is 0 Å². The van der Waals surface area contributed by atoms with Crippen molar-refractivity contribution >= 4 is 5.91 Å². The minimum absolute atomic E-state index is 0.0777. The van der Waals surface area contributed by atoms with E-state index >= 15 is 0 Å². The lowest BCUT2D eigenvalue weighted by atomic mass is 9.78. The number of hydroxylamine groups is 2. The van der Waals surface area contributed by atoms with Gasteiger partial charge >= 0.3 is 0 Å². The third-order valence-electron chi connectivity index (χ3n) is 4.52. The summed E-state index contributed by atoms with van der Waals surface area (Å²) in [5.41, 5.74) is -0.515. The van der Waals surface area contributed by atoms with E-state index in [2.05, 4.69) is 12.2 Å². The Balaban J connectivity index is 1.78. The lowest BCUT2D eigenvalue weighted by Gasteiger charge is -2.52. The highest BCUT2D eigenvalue weighted by atomic mass is 16.8. The molecule has 5 aliphatic rings. The van der Waals surface area contributed by atoms with Crippen LogP contribution in [0, 0.1) is 5.92 Å². The number of hydrogen-bond donors (Lipinski definition) is 0. The smallest absolute Gasteiger partial charge is 0.243 e. The molecule has 3 aliphatic heterocycles. The van der Waals surface area contributed by atoms with Gasteiger partial charge < -0.3 is 9.47 Å². The van der Waals surface area contributed by atoms with Crippen molar-refractivity contribution in [2.24, 2.45) is 5.92 Å². The van der Waals surface area contributed by atoms with Crippen molar-refractivity contribution < 1.29 is 19.1 Å². The molecule has 0 aromatic heterocycles. The summed E-state index contributed by atoms with van der Waals surface area (Å²) in [6, 6.07) is -0.176. The zero-order chi connectivity index (χ0) is 13.4. The molecule has 2 aliphatic carbocycles. The van der Waals surface area contributed by atoms with Crippen molar-refractivity contribution in [3.05, 3.63) is 12.2 Å². The quantitative estimate of drug-likeness (QED) is 0.672. The second-order valence-corrected chi connectivity index (χ2v) is 6.43. The first kappa shape index (κ1) is 11.9. The van der Waals surface area contributed by atoms with E-state index in [0.29, 0.717) is 5.92 Å². The Kier molecular flexibility index (Phi) is 2.12. The van der Waals surface area contributed by atoms with Gasteiger partial charge in [-0.3, -0.25) is 9.63 Å². The molecule has 2 bridgehead atoms. The molecule has 5 heteroatoms. The Morgan fingerprint density at radius 1 is 1.32 bits per heavy atom. The Labute approximate surface area is 112 Å². The van der Waals surface area contributed by atoms with E-state index in [1.54, 1.807) is 0 Å². The average molecular weight is 265 g/mol. The second-order valence-electron chi connectivity index (χ2n) is 6.43. The molecule has 104 valence electrons. The minimum atomic E-state index is -0.615.